The molecule has 72 valence electrons. The van der Waals surface area contributed by atoms with Crippen molar-refractivity contribution in [2.24, 2.45) is 5.92 Å². The third-order valence-electron chi connectivity index (χ3n) is 3.04. The molecule has 2 aliphatic carbocycles. The maximum atomic E-state index is 11.4. The zero-order valence-corrected chi connectivity index (χ0v) is 7.84. The molecule has 2 fully saturated rings. The lowest BCUT2D eigenvalue weighted by molar-refractivity contribution is -0.176. The van der Waals surface area contributed by atoms with Gasteiger partial charge in [0.2, 0.25) is 0 Å². The molecule has 0 heterocycles. The summed E-state index contributed by atoms with van der Waals surface area (Å²) in [4.78, 5) is 22.1. The number of carbonyl (C=O) groups is 2. The number of hydrogen-bond donors (Lipinski definition) is 0. The number of Topliss-reactive ketones (excluding diaryl/α,β-unsaturated/α-hetero) is 1. The summed E-state index contributed by atoms with van der Waals surface area (Å²) in [6.45, 7) is 1.97. The number of hydrogen-bond acceptors (Lipinski definition) is 3. The number of esters is 1. The Morgan fingerprint density at radius 2 is 2.08 bits per heavy atom. The van der Waals surface area contributed by atoms with Gasteiger partial charge in [0.05, 0.1) is 5.92 Å². The van der Waals surface area contributed by atoms with Gasteiger partial charge in [0.25, 0.3) is 0 Å². The summed E-state index contributed by atoms with van der Waals surface area (Å²) in [7, 11) is 0. The highest BCUT2D eigenvalue weighted by atomic mass is 16.6. The van der Waals surface area contributed by atoms with Gasteiger partial charge in [0, 0.05) is 12.8 Å². The summed E-state index contributed by atoms with van der Waals surface area (Å²) in [5.74, 6) is -0.118. The largest absolute Gasteiger partial charge is 0.459 e. The fraction of sp³-hybridized carbons (Fsp3) is 0.800. The molecular weight excluding hydrogens is 168 g/mol. The van der Waals surface area contributed by atoms with E-state index < -0.39 is 0 Å². The van der Waals surface area contributed by atoms with E-state index >= 15 is 0 Å². The van der Waals surface area contributed by atoms with E-state index in [4.69, 9.17) is 4.74 Å². The van der Waals surface area contributed by atoms with E-state index in [0.29, 0.717) is 12.8 Å². The van der Waals surface area contributed by atoms with Gasteiger partial charge in [0.15, 0.2) is 0 Å². The number of carbonyl (C=O) groups excluding carboxylic acids is 2. The van der Waals surface area contributed by atoms with Crippen molar-refractivity contribution in [1.29, 1.82) is 0 Å². The average molecular weight is 182 g/mol. The molecule has 0 radical (unpaired) electrons. The highest BCUT2D eigenvalue weighted by molar-refractivity contribution is 5.94. The van der Waals surface area contributed by atoms with Crippen LogP contribution in [0.4, 0.5) is 0 Å². The fourth-order valence-electron chi connectivity index (χ4n) is 1.76. The topological polar surface area (TPSA) is 43.4 Å². The first-order valence-corrected chi connectivity index (χ1v) is 4.84. The number of ketones is 1. The van der Waals surface area contributed by atoms with Crippen LogP contribution in [-0.4, -0.2) is 17.4 Å². The molecule has 0 aromatic heterocycles. The molecule has 0 spiro atoms. The van der Waals surface area contributed by atoms with Crippen LogP contribution in [-0.2, 0) is 14.3 Å². The molecule has 3 heteroatoms. The lowest BCUT2D eigenvalue weighted by atomic mass is 9.80. The van der Waals surface area contributed by atoms with Gasteiger partial charge in [-0.25, -0.2) is 0 Å². The first-order valence-electron chi connectivity index (χ1n) is 4.84. The standard InChI is InChI=1S/C10H14O3/c1-10(3-2-4-10)13-9(12)7-5-8(11)6-7/h7H,2-6H2,1H3. The Balaban J connectivity index is 1.81. The molecule has 2 aliphatic rings. The van der Waals surface area contributed by atoms with E-state index in [-0.39, 0.29) is 23.3 Å². The average Bonchev–Trinajstić information content (AvgIpc) is 1.95. The molecule has 0 aliphatic heterocycles. The van der Waals surface area contributed by atoms with Crippen molar-refractivity contribution in [3.8, 4) is 0 Å². The Morgan fingerprint density at radius 3 is 2.46 bits per heavy atom. The van der Waals surface area contributed by atoms with E-state index in [1.165, 1.54) is 0 Å². The Bertz CT molecular complexity index is 245. The van der Waals surface area contributed by atoms with Gasteiger partial charge in [-0.2, -0.15) is 0 Å². The van der Waals surface area contributed by atoms with E-state index in [9.17, 15) is 9.59 Å². The highest BCUT2D eigenvalue weighted by Crippen LogP contribution is 2.37. The summed E-state index contributed by atoms with van der Waals surface area (Å²) >= 11 is 0. The van der Waals surface area contributed by atoms with Crippen molar-refractivity contribution < 1.29 is 14.3 Å². The SMILES string of the molecule is CC1(OC(=O)C2CC(=O)C2)CCC1. The smallest absolute Gasteiger partial charge is 0.310 e. The van der Waals surface area contributed by atoms with Crippen molar-refractivity contribution in [2.45, 2.75) is 44.6 Å². The zero-order chi connectivity index (χ0) is 9.47. The number of rotatable bonds is 2. The quantitative estimate of drug-likeness (QED) is 0.607. The Morgan fingerprint density at radius 1 is 1.46 bits per heavy atom. The van der Waals surface area contributed by atoms with Gasteiger partial charge in [-0.05, 0) is 26.2 Å². The van der Waals surface area contributed by atoms with Gasteiger partial charge in [-0.15, -0.1) is 0 Å². The Hall–Kier alpha value is -0.860. The monoisotopic (exact) mass is 182 g/mol. The minimum atomic E-state index is -0.213. The van der Waals surface area contributed by atoms with Crippen molar-refractivity contribution in [1.82, 2.24) is 0 Å². The summed E-state index contributed by atoms with van der Waals surface area (Å²) in [5.41, 5.74) is -0.213. The molecule has 0 amide bonds. The predicted octanol–water partition coefficient (Wildman–Crippen LogP) is 1.45. The summed E-state index contributed by atoms with van der Waals surface area (Å²) in [5, 5.41) is 0. The second-order valence-corrected chi connectivity index (χ2v) is 4.37. The van der Waals surface area contributed by atoms with Crippen LogP contribution in [0.15, 0.2) is 0 Å². The van der Waals surface area contributed by atoms with Crippen molar-refractivity contribution >= 4 is 11.8 Å². The van der Waals surface area contributed by atoms with Gasteiger partial charge >= 0.3 is 5.97 Å². The third-order valence-corrected chi connectivity index (χ3v) is 3.04. The van der Waals surface area contributed by atoms with Crippen molar-refractivity contribution in [3.63, 3.8) is 0 Å². The summed E-state index contributed by atoms with van der Waals surface area (Å²) in [6.07, 6.45) is 3.88. The van der Waals surface area contributed by atoms with Crippen LogP contribution in [0, 0.1) is 5.92 Å². The van der Waals surface area contributed by atoms with Gasteiger partial charge < -0.3 is 4.74 Å². The molecule has 3 nitrogen and oxygen atoms in total. The predicted molar refractivity (Wildman–Crippen MR) is 46.1 cm³/mol. The molecule has 13 heavy (non-hydrogen) atoms. The molecule has 0 unspecified atom stereocenters. The molecule has 0 aromatic carbocycles. The van der Waals surface area contributed by atoms with Crippen molar-refractivity contribution in [2.75, 3.05) is 0 Å². The van der Waals surface area contributed by atoms with Crippen LogP contribution in [0.25, 0.3) is 0 Å². The first-order chi connectivity index (χ1) is 6.09. The maximum Gasteiger partial charge on any atom is 0.310 e. The zero-order valence-electron chi connectivity index (χ0n) is 7.84. The third kappa shape index (κ3) is 1.60. The molecule has 0 atom stereocenters. The van der Waals surface area contributed by atoms with E-state index in [2.05, 4.69) is 0 Å². The molecule has 0 saturated heterocycles. The maximum absolute atomic E-state index is 11.4. The summed E-state index contributed by atoms with van der Waals surface area (Å²) in [6, 6.07) is 0. The van der Waals surface area contributed by atoms with Crippen LogP contribution >= 0.6 is 0 Å². The molecule has 2 saturated carbocycles. The van der Waals surface area contributed by atoms with Crippen molar-refractivity contribution in [3.05, 3.63) is 0 Å². The second kappa shape index (κ2) is 2.82. The van der Waals surface area contributed by atoms with Crippen LogP contribution in [0.3, 0.4) is 0 Å². The normalized spacial score (nSPS) is 26.1. The Kier molecular flexibility index (Phi) is 1.90. The molecular formula is C10H14O3. The van der Waals surface area contributed by atoms with E-state index in [0.717, 1.165) is 19.3 Å². The van der Waals surface area contributed by atoms with E-state index in [1.807, 2.05) is 6.92 Å². The lowest BCUT2D eigenvalue weighted by Crippen LogP contribution is -2.43. The molecule has 2 rings (SSSR count). The summed E-state index contributed by atoms with van der Waals surface area (Å²) < 4.78 is 5.33. The van der Waals surface area contributed by atoms with Crippen LogP contribution in [0.2, 0.25) is 0 Å². The Labute approximate surface area is 77.4 Å². The molecule has 0 N–H and O–H groups in total. The van der Waals surface area contributed by atoms with Gasteiger partial charge in [-0.3, -0.25) is 9.59 Å². The van der Waals surface area contributed by atoms with Crippen LogP contribution in [0.1, 0.15) is 39.0 Å². The number of ether oxygens (including phenoxy) is 1. The second-order valence-electron chi connectivity index (χ2n) is 4.37. The minimum absolute atomic E-state index is 0.134. The molecule has 0 aromatic rings. The van der Waals surface area contributed by atoms with Crippen LogP contribution in [0.5, 0.6) is 0 Å². The minimum Gasteiger partial charge on any atom is -0.459 e. The van der Waals surface area contributed by atoms with Gasteiger partial charge in [0.1, 0.15) is 11.4 Å². The van der Waals surface area contributed by atoms with Crippen LogP contribution < -0.4 is 0 Å². The molecule has 0 bridgehead atoms. The highest BCUT2D eigenvalue weighted by Gasteiger charge is 2.41. The fourth-order valence-corrected chi connectivity index (χ4v) is 1.76. The first kappa shape index (κ1) is 8.73. The van der Waals surface area contributed by atoms with Gasteiger partial charge in [-0.1, -0.05) is 0 Å². The lowest BCUT2D eigenvalue weighted by Gasteiger charge is -2.39. The van der Waals surface area contributed by atoms with E-state index in [1.54, 1.807) is 0 Å².